The number of carbonyl (C=O) groups is 1. The van der Waals surface area contributed by atoms with Gasteiger partial charge in [-0.3, -0.25) is 10.1 Å². The molecule has 6 nitrogen and oxygen atoms in total. The van der Waals surface area contributed by atoms with Gasteiger partial charge in [0.05, 0.1) is 22.1 Å². The Bertz CT molecular complexity index is 1380. The number of hydrogen-bond donors (Lipinski definition) is 1. The van der Waals surface area contributed by atoms with Crippen molar-refractivity contribution < 1.29 is 14.3 Å². The van der Waals surface area contributed by atoms with Crippen LogP contribution in [0.4, 0.5) is 0 Å². The predicted octanol–water partition coefficient (Wildman–Crippen LogP) is 8.00. The Morgan fingerprint density at radius 2 is 1.87 bits per heavy atom. The van der Waals surface area contributed by atoms with Crippen LogP contribution in [0.15, 0.2) is 45.4 Å². The Morgan fingerprint density at radius 1 is 1.13 bits per heavy atom. The fourth-order valence-corrected chi connectivity index (χ4v) is 7.33. The van der Waals surface area contributed by atoms with E-state index >= 15 is 0 Å². The topological polar surface area (TPSA) is 72.3 Å². The molecule has 0 unspecified atom stereocenters. The Labute approximate surface area is 241 Å². The number of nitrogens with one attached hydrogen (secondary N) is 1. The van der Waals surface area contributed by atoms with Crippen LogP contribution >= 0.6 is 46.6 Å². The van der Waals surface area contributed by atoms with E-state index in [9.17, 15) is 4.79 Å². The van der Waals surface area contributed by atoms with Gasteiger partial charge in [0.25, 0.3) is 5.91 Å². The van der Waals surface area contributed by atoms with Gasteiger partial charge in [0, 0.05) is 21.7 Å². The maximum Gasteiger partial charge on any atom is 0.264 e. The number of nitrogens with zero attached hydrogens (tertiary/aromatic N) is 2. The molecule has 1 heterocycles. The number of amides is 1. The average molecular weight is 593 g/mol. The number of carbonyl (C=O) groups excluding carboxylic acids is 1. The number of amidine groups is 1. The minimum absolute atomic E-state index is 0.0652. The molecule has 2 atom stereocenters. The molecule has 2 aliphatic carbocycles. The summed E-state index contributed by atoms with van der Waals surface area (Å²) in [6, 6.07) is 8.73. The van der Waals surface area contributed by atoms with Gasteiger partial charge < -0.3 is 9.47 Å². The number of hydrogen-bond acceptors (Lipinski definition) is 6. The van der Waals surface area contributed by atoms with Crippen molar-refractivity contribution in [2.45, 2.75) is 46.6 Å². The molecule has 38 heavy (non-hydrogen) atoms. The summed E-state index contributed by atoms with van der Waals surface area (Å²) in [5.74, 6) is 1.41. The average Bonchev–Trinajstić information content (AvgIpc) is 3.38. The van der Waals surface area contributed by atoms with Crippen LogP contribution < -0.4 is 14.8 Å². The van der Waals surface area contributed by atoms with E-state index in [4.69, 9.17) is 44.3 Å². The minimum Gasteiger partial charge on any atom is -0.496 e. The first-order valence-corrected chi connectivity index (χ1v) is 14.3. The normalized spacial score (nSPS) is 27.0. The molecular weight excluding hydrogens is 565 g/mol. The SMILES string of the molecule is COc1ccc(/C=C2\SC(=NN=C3C[C@H]4CC[C@@]3(C)C4(C)C)NC2=O)cc1COc1c(Cl)cc(Cl)cc1Cl. The summed E-state index contributed by atoms with van der Waals surface area (Å²) in [7, 11) is 1.58. The van der Waals surface area contributed by atoms with Gasteiger partial charge in [-0.1, -0.05) is 61.6 Å². The molecule has 0 spiro atoms. The zero-order valence-corrected chi connectivity index (χ0v) is 24.6. The Morgan fingerprint density at radius 3 is 2.50 bits per heavy atom. The predicted molar refractivity (Wildman–Crippen MR) is 157 cm³/mol. The molecular formula is C28H28Cl3N3O3S. The molecule has 1 aliphatic heterocycles. The molecule has 2 bridgehead atoms. The van der Waals surface area contributed by atoms with Crippen LogP contribution in [0.25, 0.3) is 6.08 Å². The summed E-state index contributed by atoms with van der Waals surface area (Å²) < 4.78 is 11.4. The molecule has 2 aromatic carbocycles. The van der Waals surface area contributed by atoms with Crippen LogP contribution in [-0.2, 0) is 11.4 Å². The van der Waals surface area contributed by atoms with Crippen molar-refractivity contribution in [3.63, 3.8) is 0 Å². The third-order valence-corrected chi connectivity index (χ3v) is 10.0. The summed E-state index contributed by atoms with van der Waals surface area (Å²) >= 11 is 19.8. The quantitative estimate of drug-likeness (QED) is 0.272. The molecule has 3 aliphatic rings. The molecule has 3 fully saturated rings. The summed E-state index contributed by atoms with van der Waals surface area (Å²) in [6.07, 6.45) is 5.17. The smallest absolute Gasteiger partial charge is 0.264 e. The molecule has 1 saturated heterocycles. The number of methoxy groups -OCH3 is 1. The standard InChI is InChI=1S/C28H28Cl3N3O3S/c1-27(2)17-7-8-28(27,3)23(11-17)33-34-26-32-25(35)22(38-26)10-15-5-6-21(36-4)16(9-15)14-37-24-19(30)12-18(29)13-20(24)31/h5-6,9-10,12-13,17H,7-8,11,14H2,1-4H3,(H,32,34,35)/b22-10-,33-23?/t17-,28-/m1/s1. The van der Waals surface area contributed by atoms with Gasteiger partial charge in [-0.05, 0) is 78.3 Å². The zero-order valence-electron chi connectivity index (χ0n) is 21.5. The van der Waals surface area contributed by atoms with E-state index < -0.39 is 0 Å². The van der Waals surface area contributed by atoms with Crippen molar-refractivity contribution in [1.82, 2.24) is 5.32 Å². The molecule has 10 heteroatoms. The van der Waals surface area contributed by atoms with Crippen LogP contribution in [0.5, 0.6) is 11.5 Å². The lowest BCUT2D eigenvalue weighted by atomic mass is 9.70. The van der Waals surface area contributed by atoms with Gasteiger partial charge in [-0.15, -0.1) is 5.10 Å². The molecule has 1 N–H and O–H groups in total. The Kier molecular flexibility index (Phi) is 7.50. The van der Waals surface area contributed by atoms with Crippen LogP contribution in [0.3, 0.4) is 0 Å². The number of ether oxygens (including phenoxy) is 2. The van der Waals surface area contributed by atoms with E-state index in [0.29, 0.717) is 42.6 Å². The third kappa shape index (κ3) is 4.94. The van der Waals surface area contributed by atoms with Crippen molar-refractivity contribution in [2.24, 2.45) is 27.0 Å². The molecule has 200 valence electrons. The number of rotatable bonds is 6. The lowest BCUT2D eigenvalue weighted by molar-refractivity contribution is -0.115. The largest absolute Gasteiger partial charge is 0.496 e. The van der Waals surface area contributed by atoms with E-state index in [1.165, 1.54) is 18.2 Å². The van der Waals surface area contributed by atoms with E-state index in [1.54, 1.807) is 19.2 Å². The van der Waals surface area contributed by atoms with Crippen LogP contribution in [0.1, 0.15) is 51.2 Å². The number of benzene rings is 2. The second-order valence-corrected chi connectivity index (χ2v) is 12.9. The van der Waals surface area contributed by atoms with Crippen LogP contribution in [0, 0.1) is 16.7 Å². The molecule has 5 rings (SSSR count). The third-order valence-electron chi connectivity index (χ3n) is 8.36. The second-order valence-electron chi connectivity index (χ2n) is 10.6. The lowest BCUT2D eigenvalue weighted by Crippen LogP contribution is -2.32. The first kappa shape index (κ1) is 27.4. The highest BCUT2D eigenvalue weighted by molar-refractivity contribution is 8.18. The van der Waals surface area contributed by atoms with Crippen molar-refractivity contribution in [3.8, 4) is 11.5 Å². The monoisotopic (exact) mass is 591 g/mol. The number of thioether (sulfide) groups is 1. The second kappa shape index (κ2) is 10.4. The fourth-order valence-electron chi connectivity index (χ4n) is 5.63. The lowest BCUT2D eigenvalue weighted by Gasteiger charge is -2.34. The maximum absolute atomic E-state index is 12.7. The highest BCUT2D eigenvalue weighted by Crippen LogP contribution is 2.64. The van der Waals surface area contributed by atoms with Gasteiger partial charge >= 0.3 is 0 Å². The fraction of sp³-hybridized carbons (Fsp3) is 0.393. The van der Waals surface area contributed by atoms with E-state index in [2.05, 4.69) is 36.3 Å². The summed E-state index contributed by atoms with van der Waals surface area (Å²) in [5.41, 5.74) is 3.00. The Balaban J connectivity index is 1.33. The highest BCUT2D eigenvalue weighted by atomic mass is 35.5. The number of fused-ring (bicyclic) bond motifs is 2. The highest BCUT2D eigenvalue weighted by Gasteiger charge is 2.60. The van der Waals surface area contributed by atoms with Gasteiger partial charge in [-0.2, -0.15) is 5.10 Å². The molecule has 2 saturated carbocycles. The van der Waals surface area contributed by atoms with Gasteiger partial charge in [0.1, 0.15) is 12.4 Å². The van der Waals surface area contributed by atoms with Crippen molar-refractivity contribution in [3.05, 3.63) is 61.4 Å². The molecule has 1 amide bonds. The maximum atomic E-state index is 12.7. The van der Waals surface area contributed by atoms with E-state index in [1.807, 2.05) is 24.3 Å². The van der Waals surface area contributed by atoms with Crippen molar-refractivity contribution in [2.75, 3.05) is 7.11 Å². The van der Waals surface area contributed by atoms with Gasteiger partial charge in [0.2, 0.25) is 0 Å². The van der Waals surface area contributed by atoms with Crippen molar-refractivity contribution >= 4 is 69.4 Å². The first-order chi connectivity index (χ1) is 18.0. The van der Waals surface area contributed by atoms with Crippen LogP contribution in [-0.4, -0.2) is 23.9 Å². The van der Waals surface area contributed by atoms with Gasteiger partial charge in [0.15, 0.2) is 10.9 Å². The summed E-state index contributed by atoms with van der Waals surface area (Å²) in [4.78, 5) is 13.2. The van der Waals surface area contributed by atoms with E-state index in [0.717, 1.165) is 29.7 Å². The Hall–Kier alpha value is -2.19. The van der Waals surface area contributed by atoms with E-state index in [-0.39, 0.29) is 23.3 Å². The summed E-state index contributed by atoms with van der Waals surface area (Å²) in [6.45, 7) is 7.12. The molecule has 2 aromatic rings. The zero-order chi connectivity index (χ0) is 27.2. The first-order valence-electron chi connectivity index (χ1n) is 12.3. The molecule has 0 aromatic heterocycles. The summed E-state index contributed by atoms with van der Waals surface area (Å²) in [5, 5.41) is 13.4. The van der Waals surface area contributed by atoms with Crippen LogP contribution in [0.2, 0.25) is 15.1 Å². The van der Waals surface area contributed by atoms with Gasteiger partial charge in [-0.25, -0.2) is 0 Å². The minimum atomic E-state index is -0.207. The number of halogens is 3. The van der Waals surface area contributed by atoms with Crippen molar-refractivity contribution in [1.29, 1.82) is 0 Å². The molecule has 0 radical (unpaired) electrons.